The highest BCUT2D eigenvalue weighted by atomic mass is 16.5. The zero-order valence-electron chi connectivity index (χ0n) is 20.4. The summed E-state index contributed by atoms with van der Waals surface area (Å²) in [4.78, 5) is 39.4. The second-order valence-corrected chi connectivity index (χ2v) is 9.65. The molecule has 2 aromatic carbocycles. The number of ether oxygens (including phenoxy) is 2. The largest absolute Gasteiger partial charge is 0.497 e. The summed E-state index contributed by atoms with van der Waals surface area (Å²) in [5, 5.41) is 0.765. The van der Waals surface area contributed by atoms with Crippen LogP contribution >= 0.6 is 0 Å². The van der Waals surface area contributed by atoms with Crippen LogP contribution < -0.4 is 20.7 Å². The van der Waals surface area contributed by atoms with Crippen LogP contribution in [-0.4, -0.2) is 42.2 Å². The molecule has 188 valence electrons. The Morgan fingerprint density at radius 2 is 1.78 bits per heavy atom. The minimum atomic E-state index is -0.467. The number of nitrogens with zero attached hydrogens (tertiary/aromatic N) is 2. The van der Waals surface area contributed by atoms with Crippen LogP contribution in [0.5, 0.6) is 11.5 Å². The molecule has 2 aliphatic rings. The highest BCUT2D eigenvalue weighted by molar-refractivity contribution is 5.93. The van der Waals surface area contributed by atoms with Crippen molar-refractivity contribution in [3.05, 3.63) is 93.2 Å². The first-order valence-corrected chi connectivity index (χ1v) is 12.3. The van der Waals surface area contributed by atoms with Crippen LogP contribution in [0, 0.1) is 5.92 Å². The van der Waals surface area contributed by atoms with Gasteiger partial charge in [0, 0.05) is 54.8 Å². The van der Waals surface area contributed by atoms with Gasteiger partial charge in [-0.1, -0.05) is 18.2 Å². The smallest absolute Gasteiger partial charge is 0.336 e. The second kappa shape index (κ2) is 9.28. The Labute approximate surface area is 212 Å². The van der Waals surface area contributed by atoms with Crippen molar-refractivity contribution < 1.29 is 18.7 Å². The molecule has 0 aliphatic carbocycles. The van der Waals surface area contributed by atoms with Gasteiger partial charge in [0.25, 0.3) is 11.5 Å². The van der Waals surface area contributed by atoms with Crippen molar-refractivity contribution in [2.75, 3.05) is 26.8 Å². The van der Waals surface area contributed by atoms with Crippen LogP contribution in [0.4, 0.5) is 0 Å². The highest BCUT2D eigenvalue weighted by Gasteiger charge is 2.36. The molecule has 2 atom stereocenters. The maximum Gasteiger partial charge on any atom is 0.336 e. The van der Waals surface area contributed by atoms with Gasteiger partial charge in [0.15, 0.2) is 6.61 Å². The summed E-state index contributed by atoms with van der Waals surface area (Å²) in [5.74, 6) is 1.48. The average Bonchev–Trinajstić information content (AvgIpc) is 2.91. The number of methoxy groups -OCH3 is 1. The van der Waals surface area contributed by atoms with E-state index in [1.807, 2.05) is 45.9 Å². The first-order chi connectivity index (χ1) is 18.0. The summed E-state index contributed by atoms with van der Waals surface area (Å²) in [6.45, 7) is 1.70. The SMILES string of the molecule is COc1ccc(-c2cc(=O)oc3cc(OCC(=O)N4C[C@@H]5C[C@@H](C4)c4cccc(=O)n4C5)ccc23)cc1. The molecule has 6 rings (SSSR count). The number of piperidine rings is 1. The van der Waals surface area contributed by atoms with Crippen LogP contribution in [0.25, 0.3) is 22.1 Å². The van der Waals surface area contributed by atoms with Crippen LogP contribution in [0.2, 0.25) is 0 Å². The lowest BCUT2D eigenvalue weighted by Gasteiger charge is -2.42. The Morgan fingerprint density at radius 3 is 2.59 bits per heavy atom. The predicted molar refractivity (Wildman–Crippen MR) is 138 cm³/mol. The van der Waals surface area contributed by atoms with E-state index in [-0.39, 0.29) is 29.9 Å². The third-order valence-corrected chi connectivity index (χ3v) is 7.31. The van der Waals surface area contributed by atoms with Gasteiger partial charge in [0.2, 0.25) is 0 Å². The topological polar surface area (TPSA) is 91.0 Å². The molecule has 1 saturated heterocycles. The Morgan fingerprint density at radius 1 is 0.973 bits per heavy atom. The van der Waals surface area contributed by atoms with E-state index < -0.39 is 5.63 Å². The number of carbonyl (C=O) groups is 1. The summed E-state index contributed by atoms with van der Waals surface area (Å²) in [6.07, 6.45) is 0.980. The van der Waals surface area contributed by atoms with Gasteiger partial charge in [0.05, 0.1) is 7.11 Å². The second-order valence-electron chi connectivity index (χ2n) is 9.65. The zero-order chi connectivity index (χ0) is 25.5. The number of rotatable bonds is 5. The monoisotopic (exact) mass is 498 g/mol. The van der Waals surface area contributed by atoms with Crippen molar-refractivity contribution >= 4 is 16.9 Å². The van der Waals surface area contributed by atoms with Crippen molar-refractivity contribution in [1.29, 1.82) is 0 Å². The zero-order valence-corrected chi connectivity index (χ0v) is 20.4. The summed E-state index contributed by atoms with van der Waals surface area (Å²) < 4.78 is 18.3. The molecule has 0 N–H and O–H groups in total. The summed E-state index contributed by atoms with van der Waals surface area (Å²) in [7, 11) is 1.60. The lowest BCUT2D eigenvalue weighted by molar-refractivity contribution is -0.136. The van der Waals surface area contributed by atoms with E-state index in [4.69, 9.17) is 13.9 Å². The molecule has 0 spiro atoms. The fraction of sp³-hybridized carbons (Fsp3) is 0.276. The molecule has 0 radical (unpaired) electrons. The molecule has 0 unspecified atom stereocenters. The van der Waals surface area contributed by atoms with Gasteiger partial charge in [-0.25, -0.2) is 4.79 Å². The minimum absolute atomic E-state index is 0.0217. The van der Waals surface area contributed by atoms with E-state index in [9.17, 15) is 14.4 Å². The van der Waals surface area contributed by atoms with Gasteiger partial charge in [-0.05, 0) is 53.8 Å². The molecule has 0 saturated carbocycles. The third-order valence-electron chi connectivity index (χ3n) is 7.31. The minimum Gasteiger partial charge on any atom is -0.497 e. The van der Waals surface area contributed by atoms with Crippen molar-refractivity contribution in [2.45, 2.75) is 18.9 Å². The predicted octanol–water partition coefficient (Wildman–Crippen LogP) is 3.66. The average molecular weight is 499 g/mol. The fourth-order valence-electron chi connectivity index (χ4n) is 5.58. The normalized spacial score (nSPS) is 18.4. The van der Waals surface area contributed by atoms with E-state index in [1.165, 1.54) is 6.07 Å². The molecule has 8 heteroatoms. The van der Waals surface area contributed by atoms with E-state index in [0.717, 1.165) is 34.4 Å². The van der Waals surface area contributed by atoms with Gasteiger partial charge in [-0.15, -0.1) is 0 Å². The van der Waals surface area contributed by atoms with Crippen molar-refractivity contribution in [2.24, 2.45) is 5.92 Å². The maximum atomic E-state index is 13.0. The van der Waals surface area contributed by atoms with E-state index in [1.54, 1.807) is 31.4 Å². The maximum absolute atomic E-state index is 13.0. The molecule has 4 aromatic rings. The molecule has 37 heavy (non-hydrogen) atoms. The van der Waals surface area contributed by atoms with Crippen LogP contribution in [0.15, 0.2) is 80.7 Å². The molecular weight excluding hydrogens is 472 g/mol. The lowest BCUT2D eigenvalue weighted by Crippen LogP contribution is -2.50. The van der Waals surface area contributed by atoms with E-state index >= 15 is 0 Å². The molecule has 8 nitrogen and oxygen atoms in total. The number of carbonyl (C=O) groups excluding carboxylic acids is 1. The first-order valence-electron chi connectivity index (χ1n) is 12.3. The Bertz CT molecular complexity index is 1600. The highest BCUT2D eigenvalue weighted by Crippen LogP contribution is 2.35. The van der Waals surface area contributed by atoms with Gasteiger partial charge >= 0.3 is 5.63 Å². The standard InChI is InChI=1S/C29H26N2O6/c1-35-21-7-5-19(6-8-21)24-13-29(34)37-26-12-22(9-10-23(24)26)36-17-28(33)30-14-18-11-20(16-30)25-3-2-4-27(32)31(25)15-18/h2-10,12-13,18,20H,11,14-17H2,1H3/t18-,20-/m0/s1. The number of hydrogen-bond acceptors (Lipinski definition) is 6. The third kappa shape index (κ3) is 4.39. The molecular formula is C29H26N2O6. The molecule has 2 aromatic heterocycles. The number of fused-ring (bicyclic) bond motifs is 5. The number of likely N-dealkylation sites (tertiary alicyclic amines) is 1. The molecule has 1 amide bonds. The number of pyridine rings is 1. The van der Waals surface area contributed by atoms with Gasteiger partial charge in [-0.2, -0.15) is 0 Å². The van der Waals surface area contributed by atoms with Gasteiger partial charge in [0.1, 0.15) is 17.1 Å². The van der Waals surface area contributed by atoms with Crippen LogP contribution in [0.3, 0.4) is 0 Å². The molecule has 2 bridgehead atoms. The van der Waals surface area contributed by atoms with Crippen LogP contribution in [-0.2, 0) is 11.3 Å². The molecule has 4 heterocycles. The molecule has 1 fully saturated rings. The fourth-order valence-corrected chi connectivity index (χ4v) is 5.58. The van der Waals surface area contributed by atoms with Crippen molar-refractivity contribution in [1.82, 2.24) is 9.47 Å². The summed E-state index contributed by atoms with van der Waals surface area (Å²) in [6, 6.07) is 19.5. The summed E-state index contributed by atoms with van der Waals surface area (Å²) in [5.41, 5.74) is 2.55. The van der Waals surface area contributed by atoms with E-state index in [0.29, 0.717) is 31.0 Å². The number of hydrogen-bond donors (Lipinski definition) is 0. The number of benzene rings is 2. The van der Waals surface area contributed by atoms with Crippen LogP contribution in [0.1, 0.15) is 18.0 Å². The molecule has 2 aliphatic heterocycles. The Balaban J connectivity index is 1.18. The summed E-state index contributed by atoms with van der Waals surface area (Å²) >= 11 is 0. The van der Waals surface area contributed by atoms with Gasteiger partial charge < -0.3 is 23.4 Å². The quantitative estimate of drug-likeness (QED) is 0.390. The van der Waals surface area contributed by atoms with E-state index in [2.05, 4.69) is 0 Å². The number of aromatic nitrogens is 1. The number of amides is 1. The van der Waals surface area contributed by atoms with Crippen molar-refractivity contribution in [3.8, 4) is 22.6 Å². The van der Waals surface area contributed by atoms with Gasteiger partial charge in [-0.3, -0.25) is 9.59 Å². The Hall–Kier alpha value is -4.33. The van der Waals surface area contributed by atoms with Crippen molar-refractivity contribution in [3.63, 3.8) is 0 Å². The first kappa shape index (κ1) is 23.1. The Kier molecular flexibility index (Phi) is 5.79. The lowest BCUT2D eigenvalue weighted by atomic mass is 9.83.